The van der Waals surface area contributed by atoms with E-state index in [9.17, 15) is 0 Å². The summed E-state index contributed by atoms with van der Waals surface area (Å²) in [6.07, 6.45) is 0. The first-order valence-electron chi connectivity index (χ1n) is 23.5. The highest BCUT2D eigenvalue weighted by molar-refractivity contribution is 7.19. The van der Waals surface area contributed by atoms with Crippen molar-refractivity contribution in [1.82, 2.24) is 0 Å². The van der Waals surface area contributed by atoms with E-state index in [2.05, 4.69) is 267 Å². The van der Waals surface area contributed by atoms with Gasteiger partial charge in [-0.05, 0) is 102 Å². The van der Waals surface area contributed by atoms with E-state index in [0.717, 1.165) is 52.9 Å². The predicted molar refractivity (Wildman–Crippen MR) is 301 cm³/mol. The van der Waals surface area contributed by atoms with Gasteiger partial charge < -0.3 is 11.5 Å². The minimum atomic E-state index is 0.598. The fourth-order valence-electron chi connectivity index (χ4n) is 9.39. The second-order valence-corrected chi connectivity index (χ2v) is 19.3. The first kappa shape index (κ1) is 44.0. The van der Waals surface area contributed by atoms with Crippen molar-refractivity contribution in [1.29, 1.82) is 0 Å². The van der Waals surface area contributed by atoms with Crippen LogP contribution in [0.4, 0.5) is 11.4 Å². The molecule has 11 rings (SSSR count). The van der Waals surface area contributed by atoms with Crippen molar-refractivity contribution in [2.75, 3.05) is 11.5 Å². The predicted octanol–water partition coefficient (Wildman–Crippen LogP) is 17.7. The third-order valence-electron chi connectivity index (χ3n) is 12.8. The highest BCUT2D eigenvalue weighted by Crippen LogP contribution is 2.46. The summed E-state index contributed by atoms with van der Waals surface area (Å²) in [4.78, 5) is 4.48. The summed E-state index contributed by atoms with van der Waals surface area (Å²) in [5.41, 5.74) is 33.4. The molecule has 70 heavy (non-hydrogen) atoms. The summed E-state index contributed by atoms with van der Waals surface area (Å²) in [6.45, 7) is 0. The molecular weight excluding hydrogens is 885 g/mol. The molecule has 4 heteroatoms. The summed E-state index contributed by atoms with van der Waals surface area (Å²) in [5.74, 6) is 0. The Hall–Kier alpha value is -8.54. The monoisotopic (exact) mass is 932 g/mol. The fraction of sp³-hybridized carbons (Fsp3) is 0. The van der Waals surface area contributed by atoms with Crippen molar-refractivity contribution in [2.24, 2.45) is 0 Å². The lowest BCUT2D eigenvalue weighted by Crippen LogP contribution is -1.98. The van der Waals surface area contributed by atoms with Crippen LogP contribution in [0.15, 0.2) is 267 Å². The van der Waals surface area contributed by atoms with Crippen LogP contribution < -0.4 is 11.5 Å². The molecule has 0 saturated heterocycles. The van der Waals surface area contributed by atoms with Crippen LogP contribution in [0.2, 0.25) is 0 Å². The maximum atomic E-state index is 6.93. The molecule has 0 saturated carbocycles. The van der Waals surface area contributed by atoms with Gasteiger partial charge in [0.15, 0.2) is 0 Å². The van der Waals surface area contributed by atoms with E-state index in [0.29, 0.717) is 11.4 Å². The van der Waals surface area contributed by atoms with Crippen molar-refractivity contribution in [2.45, 2.75) is 0 Å². The first-order valence-corrected chi connectivity index (χ1v) is 25.1. The van der Waals surface area contributed by atoms with E-state index in [4.69, 9.17) is 11.5 Å². The third kappa shape index (κ3) is 8.98. The lowest BCUT2D eigenvalue weighted by Gasteiger charge is -2.18. The van der Waals surface area contributed by atoms with Crippen molar-refractivity contribution in [3.63, 3.8) is 0 Å². The topological polar surface area (TPSA) is 52.0 Å². The standard InChI is InChI=1S/C66H48N2S2/c67-65-55(59-43-41-57(69-59)45-31-35-53(36-32-45)63(51-27-15-5-16-28-51)61(47-19-7-1-8-20-47)48-21-9-2-10-22-48)39-40-56(66(65)68)60-44-42-58(70-60)46-33-37-54(38-34-46)64(52-29-17-6-18-30-52)62(49-23-11-3-12-24-49)50-25-13-4-14-26-50/h1-44H,67-68H2. The SMILES string of the molecule is Nc1c(-c2ccc(-c3ccc(C(=C(c4ccccc4)c4ccccc4)c4ccccc4)cc3)s2)ccc(-c2ccc(-c3ccc(C(=C(c4ccccc4)c4ccccc4)c4ccccc4)cc3)s2)c1N. The fourth-order valence-corrected chi connectivity index (χ4v) is 11.5. The number of hydrogen-bond donors (Lipinski definition) is 2. The lowest BCUT2D eigenvalue weighted by atomic mass is 9.85. The summed E-state index contributed by atoms with van der Waals surface area (Å²) in [7, 11) is 0. The van der Waals surface area contributed by atoms with Crippen LogP contribution in [0.25, 0.3) is 64.1 Å². The van der Waals surface area contributed by atoms with Gasteiger partial charge in [-0.2, -0.15) is 0 Å². The number of anilines is 2. The Bertz CT molecular complexity index is 3270. The van der Waals surface area contributed by atoms with Gasteiger partial charge in [0, 0.05) is 30.6 Å². The zero-order valence-electron chi connectivity index (χ0n) is 38.4. The number of benzene rings is 9. The summed E-state index contributed by atoms with van der Waals surface area (Å²) in [6, 6.07) is 95.0. The molecule has 11 aromatic rings. The van der Waals surface area contributed by atoms with Crippen LogP contribution in [-0.4, -0.2) is 0 Å². The highest BCUT2D eigenvalue weighted by Gasteiger charge is 2.20. The Morgan fingerprint density at radius 3 is 0.671 bits per heavy atom. The molecule has 2 nitrogen and oxygen atoms in total. The van der Waals surface area contributed by atoms with Gasteiger partial charge in [-0.15, -0.1) is 22.7 Å². The average molecular weight is 933 g/mol. The largest absolute Gasteiger partial charge is 0.397 e. The molecule has 9 aromatic carbocycles. The van der Waals surface area contributed by atoms with E-state index >= 15 is 0 Å². The molecule has 0 unspecified atom stereocenters. The molecular formula is C66H48N2S2. The van der Waals surface area contributed by atoms with Gasteiger partial charge in [-0.25, -0.2) is 0 Å². The summed E-state index contributed by atoms with van der Waals surface area (Å²) in [5, 5.41) is 0. The van der Waals surface area contributed by atoms with Crippen LogP contribution in [0.3, 0.4) is 0 Å². The van der Waals surface area contributed by atoms with E-state index in [1.165, 1.54) is 55.7 Å². The van der Waals surface area contributed by atoms with Gasteiger partial charge in [-0.1, -0.05) is 243 Å². The molecule has 334 valence electrons. The zero-order chi connectivity index (χ0) is 47.2. The maximum Gasteiger partial charge on any atom is 0.0642 e. The van der Waals surface area contributed by atoms with Gasteiger partial charge in [0.25, 0.3) is 0 Å². The molecule has 4 N–H and O–H groups in total. The Balaban J connectivity index is 0.873. The summed E-state index contributed by atoms with van der Waals surface area (Å²) < 4.78 is 0. The number of rotatable bonds is 12. The van der Waals surface area contributed by atoms with Crippen molar-refractivity contribution < 1.29 is 0 Å². The maximum absolute atomic E-state index is 6.93. The third-order valence-corrected chi connectivity index (χ3v) is 15.2. The van der Waals surface area contributed by atoms with Gasteiger partial charge in [-0.3, -0.25) is 0 Å². The number of nitrogens with two attached hydrogens (primary N) is 2. The number of thiophene rings is 2. The molecule has 2 aromatic heterocycles. The Kier molecular flexibility index (Phi) is 12.6. The quantitative estimate of drug-likeness (QED) is 0.0947. The van der Waals surface area contributed by atoms with Crippen molar-refractivity contribution in [3.8, 4) is 41.8 Å². The molecule has 0 bridgehead atoms. The second-order valence-electron chi connectivity index (χ2n) is 17.2. The van der Waals surface area contributed by atoms with Crippen LogP contribution >= 0.6 is 22.7 Å². The van der Waals surface area contributed by atoms with E-state index in [-0.39, 0.29) is 0 Å². The Morgan fingerprint density at radius 2 is 0.429 bits per heavy atom. The molecule has 0 aliphatic carbocycles. The first-order chi connectivity index (χ1) is 34.6. The minimum absolute atomic E-state index is 0.598. The van der Waals surface area contributed by atoms with Gasteiger partial charge in [0.05, 0.1) is 11.4 Å². The van der Waals surface area contributed by atoms with Crippen LogP contribution in [0.5, 0.6) is 0 Å². The molecule has 0 amide bonds. The van der Waals surface area contributed by atoms with Gasteiger partial charge in [0.2, 0.25) is 0 Å². The highest BCUT2D eigenvalue weighted by atomic mass is 32.1. The van der Waals surface area contributed by atoms with Gasteiger partial charge >= 0.3 is 0 Å². The lowest BCUT2D eigenvalue weighted by molar-refractivity contribution is 1.50. The molecule has 0 atom stereocenters. The smallest absolute Gasteiger partial charge is 0.0642 e. The number of hydrogen-bond acceptors (Lipinski definition) is 4. The summed E-state index contributed by atoms with van der Waals surface area (Å²) >= 11 is 3.46. The Morgan fingerprint density at radius 1 is 0.214 bits per heavy atom. The molecule has 0 spiro atoms. The van der Waals surface area contributed by atoms with Gasteiger partial charge in [0.1, 0.15) is 0 Å². The molecule has 0 aliphatic heterocycles. The van der Waals surface area contributed by atoms with E-state index in [1.807, 2.05) is 0 Å². The van der Waals surface area contributed by atoms with Crippen LogP contribution in [0, 0.1) is 0 Å². The number of nitrogen functional groups attached to an aromatic ring is 2. The van der Waals surface area contributed by atoms with Crippen molar-refractivity contribution >= 4 is 56.3 Å². The zero-order valence-corrected chi connectivity index (χ0v) is 40.0. The van der Waals surface area contributed by atoms with Crippen LogP contribution in [0.1, 0.15) is 44.5 Å². The van der Waals surface area contributed by atoms with Crippen molar-refractivity contribution in [3.05, 3.63) is 311 Å². The molecule has 0 radical (unpaired) electrons. The molecule has 2 heterocycles. The van der Waals surface area contributed by atoms with E-state index < -0.39 is 0 Å². The normalized spacial score (nSPS) is 11.0. The Labute approximate surface area is 418 Å². The average Bonchev–Trinajstić information content (AvgIpc) is 4.14. The molecule has 0 aliphatic rings. The van der Waals surface area contributed by atoms with Crippen LogP contribution in [-0.2, 0) is 0 Å². The van der Waals surface area contributed by atoms with E-state index in [1.54, 1.807) is 22.7 Å². The molecule has 0 fully saturated rings. The second kappa shape index (κ2) is 20.0. The minimum Gasteiger partial charge on any atom is -0.397 e.